The molecule has 0 saturated heterocycles. The molecule has 0 saturated carbocycles. The van der Waals surface area contributed by atoms with Gasteiger partial charge in [-0.2, -0.15) is 0 Å². The van der Waals surface area contributed by atoms with E-state index in [1.807, 2.05) is 0 Å². The Balaban J connectivity index is 1.68. The molecule has 2 aromatic carbocycles. The van der Waals surface area contributed by atoms with Crippen LogP contribution >= 0.6 is 35.8 Å². The van der Waals surface area contributed by atoms with E-state index in [-0.39, 0.29) is 4.90 Å². The highest BCUT2D eigenvalue weighted by Crippen LogP contribution is 2.33. The van der Waals surface area contributed by atoms with E-state index in [2.05, 4.69) is 43.2 Å². The Kier molecular flexibility index (Phi) is 4.77. The number of aromatic amines is 1. The number of nitrogens with zero attached hydrogens (tertiary/aromatic N) is 3. The molecular weight excluding hydrogens is 410 g/mol. The molecule has 27 heavy (non-hydrogen) atoms. The first-order chi connectivity index (χ1) is 13.0. The molecule has 0 unspecified atom stereocenters. The molecule has 0 radical (unpaired) electrons. The van der Waals surface area contributed by atoms with Gasteiger partial charge in [0.1, 0.15) is 12.1 Å². The first-order valence-corrected chi connectivity index (χ1v) is 8.89. The van der Waals surface area contributed by atoms with Crippen LogP contribution in [0.15, 0.2) is 47.6 Å². The van der Waals surface area contributed by atoms with Crippen molar-refractivity contribution >= 4 is 70.1 Å². The summed E-state index contributed by atoms with van der Waals surface area (Å²) in [6, 6.07) is 9.74. The van der Waals surface area contributed by atoms with Gasteiger partial charge in [-0.05, 0) is 30.3 Å². The minimum atomic E-state index is -0.439. The van der Waals surface area contributed by atoms with Gasteiger partial charge in [-0.15, -0.1) is 12.6 Å². The molecule has 0 aliphatic rings. The fourth-order valence-corrected chi connectivity index (χ4v) is 3.07. The maximum Gasteiger partial charge on any atom is 0.207 e. The number of imidazole rings is 1. The molecule has 4 aromatic rings. The molecule has 3 N–H and O–H groups in total. The van der Waals surface area contributed by atoms with E-state index in [0.29, 0.717) is 44.4 Å². The Labute approximate surface area is 168 Å². The summed E-state index contributed by atoms with van der Waals surface area (Å²) in [6.07, 6.45) is 1.37. The number of benzene rings is 2. The SMILES string of the molecule is Fc1cc(Nc2ncnc3[nH]c(Nc4c(Cl)cccc4Cl)nc23)ccc1S. The topological polar surface area (TPSA) is 78.5 Å². The molecule has 0 fully saturated rings. The van der Waals surface area contributed by atoms with Crippen molar-refractivity contribution in [2.24, 2.45) is 0 Å². The van der Waals surface area contributed by atoms with Crippen LogP contribution in [-0.4, -0.2) is 19.9 Å². The molecule has 4 rings (SSSR count). The lowest BCUT2D eigenvalue weighted by atomic mass is 10.3. The van der Waals surface area contributed by atoms with Gasteiger partial charge in [0, 0.05) is 10.6 Å². The van der Waals surface area contributed by atoms with Crippen LogP contribution in [0.25, 0.3) is 11.2 Å². The minimum absolute atomic E-state index is 0.260. The highest BCUT2D eigenvalue weighted by molar-refractivity contribution is 7.80. The Bertz CT molecular complexity index is 1130. The van der Waals surface area contributed by atoms with Crippen LogP contribution in [0.4, 0.5) is 27.5 Å². The lowest BCUT2D eigenvalue weighted by Gasteiger charge is -2.07. The van der Waals surface area contributed by atoms with Gasteiger partial charge >= 0.3 is 0 Å². The molecule has 0 aliphatic heterocycles. The monoisotopic (exact) mass is 420 g/mol. The first-order valence-electron chi connectivity index (χ1n) is 7.68. The average molecular weight is 421 g/mol. The van der Waals surface area contributed by atoms with Gasteiger partial charge in [-0.25, -0.2) is 19.3 Å². The number of H-pyrrole nitrogens is 1. The minimum Gasteiger partial charge on any atom is -0.338 e. The van der Waals surface area contributed by atoms with Crippen molar-refractivity contribution in [3.8, 4) is 0 Å². The Morgan fingerprint density at radius 1 is 1.04 bits per heavy atom. The second-order valence-corrected chi connectivity index (χ2v) is 6.81. The van der Waals surface area contributed by atoms with E-state index in [1.54, 1.807) is 30.3 Å². The third-order valence-electron chi connectivity index (χ3n) is 3.70. The molecule has 0 aliphatic carbocycles. The van der Waals surface area contributed by atoms with E-state index in [4.69, 9.17) is 23.2 Å². The van der Waals surface area contributed by atoms with E-state index < -0.39 is 5.82 Å². The van der Waals surface area contributed by atoms with Gasteiger partial charge in [0.25, 0.3) is 0 Å². The highest BCUT2D eigenvalue weighted by Gasteiger charge is 2.13. The number of thiol groups is 1. The summed E-state index contributed by atoms with van der Waals surface area (Å²) in [5.74, 6) is 0.368. The molecule has 2 heterocycles. The average Bonchev–Trinajstić information content (AvgIpc) is 3.05. The predicted molar refractivity (Wildman–Crippen MR) is 108 cm³/mol. The summed E-state index contributed by atoms with van der Waals surface area (Å²) in [7, 11) is 0. The lowest BCUT2D eigenvalue weighted by molar-refractivity contribution is 0.603. The van der Waals surface area contributed by atoms with Gasteiger partial charge in [-0.3, -0.25) is 0 Å². The van der Waals surface area contributed by atoms with E-state index in [1.165, 1.54) is 12.4 Å². The quantitative estimate of drug-likeness (QED) is 0.324. The molecule has 6 nitrogen and oxygen atoms in total. The third-order valence-corrected chi connectivity index (χ3v) is 4.69. The van der Waals surface area contributed by atoms with Crippen LogP contribution in [0.2, 0.25) is 10.0 Å². The number of anilines is 4. The van der Waals surface area contributed by atoms with Crippen LogP contribution in [0.1, 0.15) is 0 Å². The maximum absolute atomic E-state index is 13.7. The second-order valence-electron chi connectivity index (χ2n) is 5.52. The zero-order valence-corrected chi connectivity index (χ0v) is 15.9. The maximum atomic E-state index is 13.7. The van der Waals surface area contributed by atoms with Crippen LogP contribution in [0.3, 0.4) is 0 Å². The van der Waals surface area contributed by atoms with Crippen LogP contribution in [0.5, 0.6) is 0 Å². The summed E-state index contributed by atoms with van der Waals surface area (Å²) in [6.45, 7) is 0. The molecule has 0 spiro atoms. The van der Waals surface area contributed by atoms with E-state index >= 15 is 0 Å². The smallest absolute Gasteiger partial charge is 0.207 e. The molecule has 0 atom stereocenters. The highest BCUT2D eigenvalue weighted by atomic mass is 35.5. The molecule has 0 bridgehead atoms. The van der Waals surface area contributed by atoms with Crippen molar-refractivity contribution in [2.45, 2.75) is 4.90 Å². The number of hydrogen-bond donors (Lipinski definition) is 4. The fourth-order valence-electron chi connectivity index (χ4n) is 2.44. The summed E-state index contributed by atoms with van der Waals surface area (Å²) >= 11 is 16.4. The third kappa shape index (κ3) is 3.64. The second kappa shape index (κ2) is 7.22. The van der Waals surface area contributed by atoms with Gasteiger partial charge in [0.2, 0.25) is 5.95 Å². The van der Waals surface area contributed by atoms with Crippen LogP contribution in [-0.2, 0) is 0 Å². The Morgan fingerprint density at radius 3 is 2.56 bits per heavy atom. The number of para-hydroxylation sites is 1. The standard InChI is InChI=1S/C17H11Cl2FN6S/c18-9-2-1-3-10(19)13(9)24-17-25-14-15(21-7-22-16(14)26-17)23-8-4-5-12(27)11(20)6-8/h1-7,27H,(H3,21,22,23,24,25,26). The zero-order valence-electron chi connectivity index (χ0n) is 13.5. The van der Waals surface area contributed by atoms with Crippen molar-refractivity contribution in [1.29, 1.82) is 0 Å². The lowest BCUT2D eigenvalue weighted by Crippen LogP contribution is -1.96. The van der Waals surface area contributed by atoms with Crippen molar-refractivity contribution in [3.05, 3.63) is 58.6 Å². The van der Waals surface area contributed by atoms with Gasteiger partial charge in [0.15, 0.2) is 17.0 Å². The van der Waals surface area contributed by atoms with Crippen molar-refractivity contribution in [2.75, 3.05) is 10.6 Å². The molecular formula is C17H11Cl2FN6S. The Hall–Kier alpha value is -2.55. The first kappa shape index (κ1) is 17.8. The van der Waals surface area contributed by atoms with Crippen LogP contribution in [0, 0.1) is 5.82 Å². The van der Waals surface area contributed by atoms with Crippen molar-refractivity contribution < 1.29 is 4.39 Å². The fraction of sp³-hybridized carbons (Fsp3) is 0. The number of rotatable bonds is 4. The van der Waals surface area contributed by atoms with Gasteiger partial charge in [-0.1, -0.05) is 29.3 Å². The molecule has 136 valence electrons. The summed E-state index contributed by atoms with van der Waals surface area (Å²) in [5, 5.41) is 6.98. The molecule has 0 amide bonds. The summed E-state index contributed by atoms with van der Waals surface area (Å²) < 4.78 is 13.7. The zero-order chi connectivity index (χ0) is 19.0. The number of nitrogens with one attached hydrogen (secondary N) is 3. The summed E-state index contributed by atoms with van der Waals surface area (Å²) in [4.78, 5) is 16.1. The van der Waals surface area contributed by atoms with Gasteiger partial charge < -0.3 is 15.6 Å². The van der Waals surface area contributed by atoms with E-state index in [0.717, 1.165) is 0 Å². The number of halogens is 3. The summed E-state index contributed by atoms with van der Waals surface area (Å²) in [5.41, 5.74) is 1.99. The molecule has 2 aromatic heterocycles. The normalized spacial score (nSPS) is 11.0. The largest absolute Gasteiger partial charge is 0.338 e. The van der Waals surface area contributed by atoms with Crippen LogP contribution < -0.4 is 10.6 Å². The number of fused-ring (bicyclic) bond motifs is 1. The molecule has 10 heteroatoms. The van der Waals surface area contributed by atoms with Crippen molar-refractivity contribution in [1.82, 2.24) is 19.9 Å². The van der Waals surface area contributed by atoms with E-state index in [9.17, 15) is 4.39 Å². The predicted octanol–water partition coefficient (Wildman–Crippen LogP) is 5.57. The number of hydrogen-bond acceptors (Lipinski definition) is 6. The van der Waals surface area contributed by atoms with Gasteiger partial charge in [0.05, 0.1) is 15.7 Å². The Morgan fingerprint density at radius 2 is 1.81 bits per heavy atom. The number of aromatic nitrogens is 4. The van der Waals surface area contributed by atoms with Crippen molar-refractivity contribution in [3.63, 3.8) is 0 Å².